The largest absolute Gasteiger partial charge is 0.491 e. The van der Waals surface area contributed by atoms with Gasteiger partial charge in [0.2, 0.25) is 0 Å². The van der Waals surface area contributed by atoms with Gasteiger partial charge in [0.05, 0.1) is 23.6 Å². The molecule has 10 heteroatoms. The van der Waals surface area contributed by atoms with Crippen LogP contribution >= 0.6 is 0 Å². The Morgan fingerprint density at radius 2 is 1.91 bits per heavy atom. The summed E-state index contributed by atoms with van der Waals surface area (Å²) in [6, 6.07) is 12.0. The third kappa shape index (κ3) is 5.11. The minimum Gasteiger partial charge on any atom is -0.491 e. The fourth-order valence-electron chi connectivity index (χ4n) is 3.51. The average molecular weight is 460 g/mol. The number of carbonyl (C=O) groups is 1. The second-order valence-corrected chi connectivity index (χ2v) is 7.56. The van der Waals surface area contributed by atoms with Gasteiger partial charge in [-0.2, -0.15) is 23.4 Å². The number of rotatable bonds is 7. The lowest BCUT2D eigenvalue weighted by molar-refractivity contribution is -0.143. The number of halogens is 3. The molecule has 0 radical (unpaired) electrons. The number of aromatic nitrogens is 1. The molecular weight excluding hydrogens is 437 g/mol. The van der Waals surface area contributed by atoms with Crippen molar-refractivity contribution >= 4 is 28.3 Å². The zero-order valence-corrected chi connectivity index (χ0v) is 18.1. The summed E-state index contributed by atoms with van der Waals surface area (Å²) >= 11 is 0. The second-order valence-electron chi connectivity index (χ2n) is 7.56. The SMILES string of the molecule is CCOC(=O)Cn1ccc2cc(OCC3NN(c4ccc(C(F)(F)F)cc4)N=C3C)ccc21. The van der Waals surface area contributed by atoms with Gasteiger partial charge in [0.1, 0.15) is 24.9 Å². The molecule has 1 aliphatic rings. The number of ether oxygens (including phenoxy) is 2. The standard InChI is InChI=1S/C23H23F3N4O3/c1-3-32-22(31)13-29-11-10-16-12-19(8-9-21(16)29)33-14-20-15(2)27-30(28-20)18-6-4-17(5-7-18)23(24,25)26/h4-12,20,28H,3,13-14H2,1-2H3. The Bertz CT molecular complexity index is 1170. The van der Waals surface area contributed by atoms with Crippen molar-refractivity contribution in [2.24, 2.45) is 5.10 Å². The van der Waals surface area contributed by atoms with Gasteiger partial charge < -0.3 is 14.0 Å². The van der Waals surface area contributed by atoms with Gasteiger partial charge in [0.25, 0.3) is 0 Å². The zero-order valence-electron chi connectivity index (χ0n) is 18.1. The number of nitrogens with zero attached hydrogens (tertiary/aromatic N) is 3. The van der Waals surface area contributed by atoms with E-state index in [4.69, 9.17) is 9.47 Å². The van der Waals surface area contributed by atoms with Crippen LogP contribution in [0.5, 0.6) is 5.75 Å². The van der Waals surface area contributed by atoms with Crippen molar-refractivity contribution in [3.63, 3.8) is 0 Å². The van der Waals surface area contributed by atoms with Crippen molar-refractivity contribution in [2.75, 3.05) is 18.3 Å². The molecule has 0 aliphatic carbocycles. The second kappa shape index (κ2) is 9.14. The molecule has 2 heterocycles. The Morgan fingerprint density at radius 1 is 1.15 bits per heavy atom. The van der Waals surface area contributed by atoms with E-state index < -0.39 is 11.7 Å². The molecule has 1 unspecified atom stereocenters. The van der Waals surface area contributed by atoms with Gasteiger partial charge in [0, 0.05) is 17.1 Å². The van der Waals surface area contributed by atoms with Gasteiger partial charge in [0.15, 0.2) is 0 Å². The highest BCUT2D eigenvalue weighted by Crippen LogP contribution is 2.31. The maximum absolute atomic E-state index is 12.8. The maximum atomic E-state index is 12.8. The summed E-state index contributed by atoms with van der Waals surface area (Å²) in [6.07, 6.45) is -2.56. The summed E-state index contributed by atoms with van der Waals surface area (Å²) in [5.41, 5.74) is 4.55. The van der Waals surface area contributed by atoms with Crippen LogP contribution in [-0.4, -0.2) is 35.5 Å². The first-order chi connectivity index (χ1) is 15.7. The number of hydrazine groups is 1. The van der Waals surface area contributed by atoms with Crippen LogP contribution in [0.15, 0.2) is 59.8 Å². The molecule has 3 aromatic rings. The number of hydrogen-bond acceptors (Lipinski definition) is 6. The molecule has 1 atom stereocenters. The van der Waals surface area contributed by atoms with Crippen molar-refractivity contribution < 1.29 is 27.4 Å². The molecule has 174 valence electrons. The van der Waals surface area contributed by atoms with Crippen LogP contribution in [0, 0.1) is 0 Å². The average Bonchev–Trinajstić information content (AvgIpc) is 3.35. The maximum Gasteiger partial charge on any atom is 0.416 e. The number of carbonyl (C=O) groups excluding carboxylic acids is 1. The molecule has 0 amide bonds. The van der Waals surface area contributed by atoms with Crippen molar-refractivity contribution in [3.05, 3.63) is 60.3 Å². The predicted molar refractivity (Wildman–Crippen MR) is 118 cm³/mol. The number of anilines is 1. The summed E-state index contributed by atoms with van der Waals surface area (Å²) in [7, 11) is 0. The molecule has 4 rings (SSSR count). The van der Waals surface area contributed by atoms with E-state index >= 15 is 0 Å². The van der Waals surface area contributed by atoms with Crippen LogP contribution in [0.4, 0.5) is 18.9 Å². The predicted octanol–water partition coefficient (Wildman–Crippen LogP) is 4.37. The minimum absolute atomic E-state index is 0.138. The van der Waals surface area contributed by atoms with E-state index in [2.05, 4.69) is 10.5 Å². The summed E-state index contributed by atoms with van der Waals surface area (Å²) in [6.45, 7) is 4.35. The molecule has 1 N–H and O–H groups in total. The molecule has 1 aliphatic heterocycles. The third-order valence-corrected chi connectivity index (χ3v) is 5.24. The summed E-state index contributed by atoms with van der Waals surface area (Å²) in [5, 5.41) is 6.74. The van der Waals surface area contributed by atoms with Gasteiger partial charge >= 0.3 is 12.1 Å². The lowest BCUT2D eigenvalue weighted by Gasteiger charge is -2.18. The molecule has 7 nitrogen and oxygen atoms in total. The van der Waals surface area contributed by atoms with Crippen LogP contribution in [0.25, 0.3) is 10.9 Å². The normalized spacial score (nSPS) is 16.2. The molecule has 0 saturated heterocycles. The highest BCUT2D eigenvalue weighted by molar-refractivity contribution is 5.90. The van der Waals surface area contributed by atoms with Crippen LogP contribution in [0.1, 0.15) is 19.4 Å². The lowest BCUT2D eigenvalue weighted by Crippen LogP contribution is -2.41. The van der Waals surface area contributed by atoms with E-state index in [1.54, 1.807) is 6.92 Å². The highest BCUT2D eigenvalue weighted by Gasteiger charge is 2.31. The number of benzene rings is 2. The van der Waals surface area contributed by atoms with Crippen LogP contribution < -0.4 is 15.3 Å². The third-order valence-electron chi connectivity index (χ3n) is 5.24. The molecular formula is C23H23F3N4O3. The summed E-state index contributed by atoms with van der Waals surface area (Å²) in [4.78, 5) is 11.8. The van der Waals surface area contributed by atoms with E-state index in [9.17, 15) is 18.0 Å². The number of fused-ring (bicyclic) bond motifs is 1. The Labute approximate surface area is 188 Å². The molecule has 2 aromatic carbocycles. The van der Waals surface area contributed by atoms with Crippen molar-refractivity contribution in [2.45, 2.75) is 32.6 Å². The smallest absolute Gasteiger partial charge is 0.416 e. The highest BCUT2D eigenvalue weighted by atomic mass is 19.4. The van der Waals surface area contributed by atoms with Gasteiger partial charge in [-0.1, -0.05) is 0 Å². The zero-order chi connectivity index (χ0) is 23.6. The first-order valence-electron chi connectivity index (χ1n) is 10.4. The fourth-order valence-corrected chi connectivity index (χ4v) is 3.51. The van der Waals surface area contributed by atoms with Gasteiger partial charge in [-0.3, -0.25) is 4.79 Å². The summed E-state index contributed by atoms with van der Waals surface area (Å²) < 4.78 is 51.1. The number of esters is 1. The number of alkyl halides is 3. The topological polar surface area (TPSA) is 68.1 Å². The quantitative estimate of drug-likeness (QED) is 0.531. The van der Waals surface area contributed by atoms with E-state index in [1.165, 1.54) is 17.3 Å². The number of hydrazone groups is 1. The van der Waals surface area contributed by atoms with Crippen LogP contribution in [-0.2, 0) is 22.3 Å². The Balaban J connectivity index is 1.37. The first kappa shape index (κ1) is 22.7. The molecule has 0 fully saturated rings. The molecule has 0 bridgehead atoms. The van der Waals surface area contributed by atoms with E-state index in [1.807, 2.05) is 42.0 Å². The van der Waals surface area contributed by atoms with Crippen LogP contribution in [0.2, 0.25) is 0 Å². The van der Waals surface area contributed by atoms with E-state index in [0.717, 1.165) is 28.7 Å². The van der Waals surface area contributed by atoms with Gasteiger partial charge in [-0.15, -0.1) is 0 Å². The van der Waals surface area contributed by atoms with Gasteiger partial charge in [-0.25, -0.2) is 5.43 Å². The van der Waals surface area contributed by atoms with Crippen molar-refractivity contribution in [3.8, 4) is 5.75 Å². The van der Waals surface area contributed by atoms with E-state index in [0.29, 0.717) is 18.0 Å². The Kier molecular flexibility index (Phi) is 6.28. The van der Waals surface area contributed by atoms with Gasteiger partial charge in [-0.05, 0) is 62.4 Å². The van der Waals surface area contributed by atoms with Crippen molar-refractivity contribution in [1.29, 1.82) is 0 Å². The van der Waals surface area contributed by atoms with Crippen molar-refractivity contribution in [1.82, 2.24) is 9.99 Å². The van der Waals surface area contributed by atoms with Crippen LogP contribution in [0.3, 0.4) is 0 Å². The Hall–Kier alpha value is -3.53. The molecule has 33 heavy (non-hydrogen) atoms. The monoisotopic (exact) mass is 460 g/mol. The fraction of sp³-hybridized carbons (Fsp3) is 0.304. The molecule has 0 spiro atoms. The Morgan fingerprint density at radius 3 is 2.61 bits per heavy atom. The number of nitrogens with one attached hydrogen (secondary N) is 1. The first-order valence-corrected chi connectivity index (χ1v) is 10.4. The van der Waals surface area contributed by atoms with E-state index in [-0.39, 0.29) is 25.2 Å². The minimum atomic E-state index is -4.38. The lowest BCUT2D eigenvalue weighted by atomic mass is 10.2. The molecule has 0 saturated carbocycles. The molecule has 1 aromatic heterocycles. The summed E-state index contributed by atoms with van der Waals surface area (Å²) in [5.74, 6) is 0.356. The number of hydrogen-bond donors (Lipinski definition) is 1.